The average molecular weight is 434 g/mol. The van der Waals surface area contributed by atoms with E-state index in [1.807, 2.05) is 0 Å². The van der Waals surface area contributed by atoms with Gasteiger partial charge in [0.25, 0.3) is 0 Å². The molecule has 1 aliphatic heterocycles. The lowest BCUT2D eigenvalue weighted by Crippen LogP contribution is -2.40. The molecule has 1 saturated carbocycles. The van der Waals surface area contributed by atoms with Gasteiger partial charge in [0.05, 0.1) is 6.54 Å². The number of guanidine groups is 1. The topological polar surface area (TPSA) is 39.7 Å². The smallest absolute Gasteiger partial charge is 0.191 e. The van der Waals surface area contributed by atoms with Crippen LogP contribution in [0.3, 0.4) is 0 Å². The molecule has 6 heteroatoms. The predicted molar refractivity (Wildman–Crippen MR) is 105 cm³/mol. The highest BCUT2D eigenvalue weighted by Gasteiger charge is 2.34. The molecule has 2 N–H and O–H groups in total. The molecular weight excluding hydrogens is 407 g/mol. The second-order valence-electron chi connectivity index (χ2n) is 6.04. The van der Waals surface area contributed by atoms with Crippen LogP contribution in [0.2, 0.25) is 0 Å². The lowest BCUT2D eigenvalue weighted by molar-refractivity contribution is 0.314. The first kappa shape index (κ1) is 18.0. The number of thiophene rings is 1. The molecule has 4 nitrogen and oxygen atoms in total. The highest BCUT2D eigenvalue weighted by Crippen LogP contribution is 2.31. The Bertz CT molecular complexity index is 459. The highest BCUT2D eigenvalue weighted by atomic mass is 127. The molecule has 1 aliphatic carbocycles. The largest absolute Gasteiger partial charge is 0.357 e. The van der Waals surface area contributed by atoms with Gasteiger partial charge in [-0.05, 0) is 50.1 Å². The molecule has 3 rings (SSSR count). The van der Waals surface area contributed by atoms with Gasteiger partial charge in [-0.1, -0.05) is 6.07 Å². The van der Waals surface area contributed by atoms with Crippen molar-refractivity contribution in [3.63, 3.8) is 0 Å². The Balaban J connectivity index is 0.00000176. The number of rotatable bonds is 6. The van der Waals surface area contributed by atoms with Crippen LogP contribution in [0.5, 0.6) is 0 Å². The summed E-state index contributed by atoms with van der Waals surface area (Å²) in [6.07, 6.45) is 4.17. The molecule has 124 valence electrons. The summed E-state index contributed by atoms with van der Waals surface area (Å²) in [4.78, 5) is 8.66. The Labute approximate surface area is 154 Å². The Morgan fingerprint density at radius 1 is 1.36 bits per heavy atom. The van der Waals surface area contributed by atoms with Gasteiger partial charge >= 0.3 is 0 Å². The zero-order valence-corrected chi connectivity index (χ0v) is 16.4. The van der Waals surface area contributed by atoms with Crippen LogP contribution in [0.4, 0.5) is 0 Å². The first-order chi connectivity index (χ1) is 10.3. The minimum atomic E-state index is 0. The van der Waals surface area contributed by atoms with E-state index in [4.69, 9.17) is 0 Å². The van der Waals surface area contributed by atoms with E-state index in [1.54, 1.807) is 11.3 Å². The molecule has 2 heterocycles. The van der Waals surface area contributed by atoms with E-state index < -0.39 is 0 Å². The van der Waals surface area contributed by atoms with E-state index >= 15 is 0 Å². The summed E-state index contributed by atoms with van der Waals surface area (Å²) in [7, 11) is 0. The molecule has 2 aliphatic rings. The fourth-order valence-electron chi connectivity index (χ4n) is 2.94. The average Bonchev–Trinajstić information content (AvgIpc) is 3.03. The van der Waals surface area contributed by atoms with Crippen molar-refractivity contribution in [1.29, 1.82) is 0 Å². The van der Waals surface area contributed by atoms with Crippen molar-refractivity contribution in [2.24, 2.45) is 10.9 Å². The van der Waals surface area contributed by atoms with Crippen molar-refractivity contribution in [2.45, 2.75) is 38.8 Å². The van der Waals surface area contributed by atoms with E-state index in [-0.39, 0.29) is 24.0 Å². The maximum absolute atomic E-state index is 4.67. The molecule has 1 atom stereocenters. The Morgan fingerprint density at radius 3 is 2.91 bits per heavy atom. The summed E-state index contributed by atoms with van der Waals surface area (Å²) in [5, 5.41) is 8.97. The van der Waals surface area contributed by atoms with Crippen LogP contribution in [0, 0.1) is 5.92 Å². The highest BCUT2D eigenvalue weighted by molar-refractivity contribution is 14.0. The van der Waals surface area contributed by atoms with Gasteiger partial charge in [-0.25, -0.2) is 4.99 Å². The van der Waals surface area contributed by atoms with Gasteiger partial charge in [0.2, 0.25) is 0 Å². The minimum absolute atomic E-state index is 0. The number of hydrogen-bond donors (Lipinski definition) is 2. The Kier molecular flexibility index (Phi) is 7.43. The molecule has 1 aromatic rings. The molecular formula is C16H27IN4S. The Hall–Kier alpha value is -0.340. The fourth-order valence-corrected chi connectivity index (χ4v) is 3.57. The van der Waals surface area contributed by atoms with Gasteiger partial charge in [-0.2, -0.15) is 0 Å². The molecule has 1 unspecified atom stereocenters. The van der Waals surface area contributed by atoms with Crippen LogP contribution in [0.1, 0.15) is 31.1 Å². The number of aliphatic imine (C=N–C) groups is 1. The molecule has 22 heavy (non-hydrogen) atoms. The number of likely N-dealkylation sites (tertiary alicyclic amines) is 1. The summed E-state index contributed by atoms with van der Waals surface area (Å²) in [6, 6.07) is 5.14. The van der Waals surface area contributed by atoms with E-state index in [9.17, 15) is 0 Å². The number of nitrogens with one attached hydrogen (secondary N) is 2. The first-order valence-corrected chi connectivity index (χ1v) is 9.01. The third kappa shape index (κ3) is 5.38. The van der Waals surface area contributed by atoms with Gasteiger partial charge in [-0.15, -0.1) is 35.3 Å². The quantitative estimate of drug-likeness (QED) is 0.411. The molecule has 0 amide bonds. The summed E-state index contributed by atoms with van der Waals surface area (Å²) < 4.78 is 0. The lowest BCUT2D eigenvalue weighted by atomic mass is 10.1. The minimum Gasteiger partial charge on any atom is -0.357 e. The van der Waals surface area contributed by atoms with Crippen LogP contribution in [-0.2, 0) is 6.54 Å². The van der Waals surface area contributed by atoms with Crippen molar-refractivity contribution in [2.75, 3.05) is 26.2 Å². The normalized spacial score (nSPS) is 22.4. The van der Waals surface area contributed by atoms with Crippen molar-refractivity contribution < 1.29 is 0 Å². The third-order valence-electron chi connectivity index (χ3n) is 4.26. The van der Waals surface area contributed by atoms with E-state index in [2.05, 4.69) is 45.0 Å². The number of hydrogen-bond acceptors (Lipinski definition) is 3. The fraction of sp³-hybridized carbons (Fsp3) is 0.688. The van der Waals surface area contributed by atoms with E-state index in [0.29, 0.717) is 0 Å². The SMILES string of the molecule is CCNC(=NCc1cccs1)NCC1CCN(C2CC2)C1.I. The number of nitrogens with zero attached hydrogens (tertiary/aromatic N) is 2. The van der Waals surface area contributed by atoms with Crippen molar-refractivity contribution >= 4 is 41.3 Å². The maximum Gasteiger partial charge on any atom is 0.191 e. The van der Waals surface area contributed by atoms with Crippen LogP contribution in [0.15, 0.2) is 22.5 Å². The van der Waals surface area contributed by atoms with Crippen LogP contribution in [-0.4, -0.2) is 43.1 Å². The second kappa shape index (κ2) is 9.08. The monoisotopic (exact) mass is 434 g/mol. The molecule has 0 radical (unpaired) electrons. The number of halogens is 1. The standard InChI is InChI=1S/C16H26N4S.HI/c1-2-17-16(19-11-15-4-3-9-21-15)18-10-13-7-8-20(12-13)14-5-6-14;/h3-4,9,13-14H,2,5-8,10-12H2,1H3,(H2,17,18,19);1H. The third-order valence-corrected chi connectivity index (χ3v) is 5.12. The van der Waals surface area contributed by atoms with Gasteiger partial charge < -0.3 is 15.5 Å². The molecule has 1 saturated heterocycles. The van der Waals surface area contributed by atoms with Gasteiger partial charge in [-0.3, -0.25) is 0 Å². The lowest BCUT2D eigenvalue weighted by Gasteiger charge is -2.17. The van der Waals surface area contributed by atoms with Gasteiger partial charge in [0, 0.05) is 30.6 Å². The predicted octanol–water partition coefficient (Wildman–Crippen LogP) is 2.91. The maximum atomic E-state index is 4.67. The van der Waals surface area contributed by atoms with Gasteiger partial charge in [0.15, 0.2) is 5.96 Å². The molecule has 2 fully saturated rings. The van der Waals surface area contributed by atoms with Crippen molar-refractivity contribution in [3.8, 4) is 0 Å². The van der Waals surface area contributed by atoms with Crippen LogP contribution >= 0.6 is 35.3 Å². The van der Waals surface area contributed by atoms with Crippen molar-refractivity contribution in [3.05, 3.63) is 22.4 Å². The second-order valence-corrected chi connectivity index (χ2v) is 7.07. The Morgan fingerprint density at radius 2 is 2.23 bits per heavy atom. The summed E-state index contributed by atoms with van der Waals surface area (Å²) in [5.41, 5.74) is 0. The molecule has 0 bridgehead atoms. The zero-order valence-electron chi connectivity index (χ0n) is 13.3. The first-order valence-electron chi connectivity index (χ1n) is 8.13. The molecule has 1 aromatic heterocycles. The van der Waals surface area contributed by atoms with Gasteiger partial charge in [0.1, 0.15) is 0 Å². The summed E-state index contributed by atoms with van der Waals surface area (Å²) >= 11 is 1.77. The zero-order chi connectivity index (χ0) is 14.5. The van der Waals surface area contributed by atoms with Crippen LogP contribution < -0.4 is 10.6 Å². The van der Waals surface area contributed by atoms with E-state index in [0.717, 1.165) is 37.6 Å². The van der Waals surface area contributed by atoms with E-state index in [1.165, 1.54) is 37.2 Å². The molecule has 0 aromatic carbocycles. The summed E-state index contributed by atoms with van der Waals surface area (Å²) in [6.45, 7) is 7.40. The molecule has 0 spiro atoms. The summed E-state index contributed by atoms with van der Waals surface area (Å²) in [5.74, 6) is 1.73. The van der Waals surface area contributed by atoms with Crippen molar-refractivity contribution in [1.82, 2.24) is 15.5 Å². The van der Waals surface area contributed by atoms with Crippen LogP contribution in [0.25, 0.3) is 0 Å².